The summed E-state index contributed by atoms with van der Waals surface area (Å²) >= 11 is 0. The fourth-order valence-electron chi connectivity index (χ4n) is 0.801. The first kappa shape index (κ1) is 14.1. The Kier molecular flexibility index (Phi) is 6.15. The van der Waals surface area contributed by atoms with Crippen molar-refractivity contribution in [1.82, 2.24) is 4.90 Å². The minimum Gasteiger partial charge on any atom is -0.481 e. The number of amides is 1. The average molecular weight is 235 g/mol. The summed E-state index contributed by atoms with van der Waals surface area (Å²) in [5, 5.41) is 8.36. The van der Waals surface area contributed by atoms with Crippen LogP contribution in [0.25, 0.3) is 0 Å². The first-order valence-corrected chi connectivity index (χ1v) is 6.15. The molecule has 0 aliphatic rings. The summed E-state index contributed by atoms with van der Waals surface area (Å²) in [6.07, 6.45) is -0.161. The van der Waals surface area contributed by atoms with Crippen LogP contribution in [0, 0.1) is 0 Å². The van der Waals surface area contributed by atoms with Gasteiger partial charge in [-0.25, -0.2) is 0 Å². The number of nitrogens with zero attached hydrogens (tertiary/aromatic N) is 1. The van der Waals surface area contributed by atoms with E-state index in [4.69, 9.17) is 5.11 Å². The molecule has 0 aliphatic carbocycles. The second-order valence-electron chi connectivity index (χ2n) is 3.53. The standard InChI is InChI=1S/C9H17NO4S/c1-7(2)10(3)8(11)6-15(14)5-4-9(12)13/h7H,4-6H2,1-3H3,(H,12,13). The van der Waals surface area contributed by atoms with Crippen LogP contribution in [0.5, 0.6) is 0 Å². The first-order chi connectivity index (χ1) is 6.84. The minimum absolute atomic E-state index is 0.0347. The Morgan fingerprint density at radius 1 is 1.40 bits per heavy atom. The summed E-state index contributed by atoms with van der Waals surface area (Å²) in [7, 11) is 0.260. The highest BCUT2D eigenvalue weighted by molar-refractivity contribution is 7.85. The molecule has 0 fully saturated rings. The molecule has 0 aromatic heterocycles. The van der Waals surface area contributed by atoms with E-state index < -0.39 is 16.8 Å². The maximum atomic E-state index is 11.4. The molecule has 5 nitrogen and oxygen atoms in total. The van der Waals surface area contributed by atoms with Crippen LogP contribution in [0.2, 0.25) is 0 Å². The van der Waals surface area contributed by atoms with E-state index in [1.807, 2.05) is 13.8 Å². The molecule has 6 heteroatoms. The van der Waals surface area contributed by atoms with Crippen molar-refractivity contribution in [3.05, 3.63) is 0 Å². The highest BCUT2D eigenvalue weighted by atomic mass is 32.2. The van der Waals surface area contributed by atoms with Crippen LogP contribution in [0.4, 0.5) is 0 Å². The van der Waals surface area contributed by atoms with E-state index >= 15 is 0 Å². The van der Waals surface area contributed by atoms with Crippen molar-refractivity contribution in [2.24, 2.45) is 0 Å². The lowest BCUT2D eigenvalue weighted by Crippen LogP contribution is -2.36. The van der Waals surface area contributed by atoms with Crippen molar-refractivity contribution >= 4 is 22.7 Å². The summed E-state index contributed by atoms with van der Waals surface area (Å²) in [6.45, 7) is 3.72. The number of carbonyl (C=O) groups excluding carboxylic acids is 1. The summed E-state index contributed by atoms with van der Waals surface area (Å²) in [5.41, 5.74) is 0. The summed E-state index contributed by atoms with van der Waals surface area (Å²) in [5.74, 6) is -1.27. The Hall–Kier alpha value is -0.910. The van der Waals surface area contributed by atoms with Crippen LogP contribution in [0.3, 0.4) is 0 Å². The van der Waals surface area contributed by atoms with Gasteiger partial charge in [0.05, 0.1) is 6.42 Å². The smallest absolute Gasteiger partial charge is 0.304 e. The second-order valence-corrected chi connectivity index (χ2v) is 5.11. The number of carbonyl (C=O) groups is 2. The summed E-state index contributed by atoms with van der Waals surface area (Å²) in [4.78, 5) is 23.1. The molecule has 1 amide bonds. The minimum atomic E-state index is -1.38. The van der Waals surface area contributed by atoms with Gasteiger partial charge < -0.3 is 10.0 Å². The molecule has 0 rings (SSSR count). The fraction of sp³-hybridized carbons (Fsp3) is 0.778. The van der Waals surface area contributed by atoms with Gasteiger partial charge in [0.1, 0.15) is 5.75 Å². The van der Waals surface area contributed by atoms with Crippen molar-refractivity contribution in [2.75, 3.05) is 18.6 Å². The highest BCUT2D eigenvalue weighted by Crippen LogP contribution is 1.97. The predicted octanol–water partition coefficient (Wildman–Crippen LogP) is 0.0766. The van der Waals surface area contributed by atoms with Gasteiger partial charge in [-0.15, -0.1) is 0 Å². The molecule has 1 N–H and O–H groups in total. The first-order valence-electron chi connectivity index (χ1n) is 4.67. The molecule has 0 bridgehead atoms. The Morgan fingerprint density at radius 3 is 2.33 bits per heavy atom. The lowest BCUT2D eigenvalue weighted by Gasteiger charge is -2.20. The Labute approximate surface area is 91.9 Å². The van der Waals surface area contributed by atoms with Gasteiger partial charge in [0.15, 0.2) is 0 Å². The largest absolute Gasteiger partial charge is 0.481 e. The van der Waals surface area contributed by atoms with Gasteiger partial charge in [-0.1, -0.05) is 0 Å². The predicted molar refractivity (Wildman–Crippen MR) is 58.0 cm³/mol. The van der Waals surface area contributed by atoms with Gasteiger partial charge in [0.2, 0.25) is 5.91 Å². The van der Waals surface area contributed by atoms with Crippen LogP contribution in [0.1, 0.15) is 20.3 Å². The van der Waals surface area contributed by atoms with Gasteiger partial charge in [0.25, 0.3) is 0 Å². The lowest BCUT2D eigenvalue weighted by molar-refractivity contribution is -0.136. The van der Waals surface area contributed by atoms with Gasteiger partial charge >= 0.3 is 5.97 Å². The van der Waals surface area contributed by atoms with Crippen molar-refractivity contribution in [3.8, 4) is 0 Å². The molecular formula is C9H17NO4S. The molecule has 0 saturated carbocycles. The number of carboxylic acids is 1. The van der Waals surface area contributed by atoms with E-state index in [2.05, 4.69) is 0 Å². The maximum absolute atomic E-state index is 11.4. The van der Waals surface area contributed by atoms with E-state index in [1.165, 1.54) is 4.90 Å². The van der Waals surface area contributed by atoms with Crippen molar-refractivity contribution in [1.29, 1.82) is 0 Å². The number of hydrogen-bond acceptors (Lipinski definition) is 3. The second kappa shape index (κ2) is 6.55. The third kappa shape index (κ3) is 6.22. The molecule has 0 aliphatic heterocycles. The Bertz CT molecular complexity index is 265. The molecule has 0 aromatic rings. The number of hydrogen-bond donors (Lipinski definition) is 1. The molecule has 0 spiro atoms. The monoisotopic (exact) mass is 235 g/mol. The van der Waals surface area contributed by atoms with E-state index in [9.17, 15) is 13.8 Å². The zero-order valence-corrected chi connectivity index (χ0v) is 10.0. The van der Waals surface area contributed by atoms with Gasteiger partial charge in [-0.2, -0.15) is 0 Å². The molecule has 1 atom stereocenters. The molecule has 0 heterocycles. The third-order valence-corrected chi connectivity index (χ3v) is 3.22. The molecule has 0 aromatic carbocycles. The molecule has 1 unspecified atom stereocenters. The van der Waals surface area contributed by atoms with E-state index in [-0.39, 0.29) is 29.9 Å². The Balaban J connectivity index is 3.96. The zero-order valence-electron chi connectivity index (χ0n) is 9.23. The highest BCUT2D eigenvalue weighted by Gasteiger charge is 2.15. The van der Waals surface area contributed by atoms with Crippen molar-refractivity contribution in [3.63, 3.8) is 0 Å². The molecule has 0 saturated heterocycles. The van der Waals surface area contributed by atoms with Gasteiger partial charge in [-0.05, 0) is 13.8 Å². The van der Waals surface area contributed by atoms with Crippen LogP contribution in [0.15, 0.2) is 0 Å². The molecule has 0 radical (unpaired) electrons. The SMILES string of the molecule is CC(C)N(C)C(=O)CS(=O)CCC(=O)O. The number of carboxylic acid groups (broad SMARTS) is 1. The van der Waals surface area contributed by atoms with E-state index in [0.29, 0.717) is 0 Å². The van der Waals surface area contributed by atoms with Crippen LogP contribution in [-0.2, 0) is 20.4 Å². The van der Waals surface area contributed by atoms with E-state index in [1.54, 1.807) is 7.05 Å². The normalized spacial score (nSPS) is 12.5. The van der Waals surface area contributed by atoms with Crippen LogP contribution < -0.4 is 0 Å². The maximum Gasteiger partial charge on any atom is 0.304 e. The molecule has 88 valence electrons. The Morgan fingerprint density at radius 2 is 1.93 bits per heavy atom. The average Bonchev–Trinajstić information content (AvgIpc) is 2.13. The number of aliphatic carboxylic acids is 1. The quantitative estimate of drug-likeness (QED) is 0.707. The van der Waals surface area contributed by atoms with Gasteiger partial charge in [0, 0.05) is 29.6 Å². The topological polar surface area (TPSA) is 74.7 Å². The van der Waals surface area contributed by atoms with Crippen molar-refractivity contribution < 1.29 is 18.9 Å². The van der Waals surface area contributed by atoms with Gasteiger partial charge in [-0.3, -0.25) is 13.8 Å². The van der Waals surface area contributed by atoms with Crippen LogP contribution in [-0.4, -0.2) is 50.7 Å². The summed E-state index contributed by atoms with van der Waals surface area (Å²) in [6, 6.07) is 0.0639. The third-order valence-electron chi connectivity index (χ3n) is 2.00. The zero-order chi connectivity index (χ0) is 12.0. The lowest BCUT2D eigenvalue weighted by atomic mass is 10.3. The van der Waals surface area contributed by atoms with E-state index in [0.717, 1.165) is 0 Å². The van der Waals surface area contributed by atoms with Crippen molar-refractivity contribution in [2.45, 2.75) is 26.3 Å². The fourth-order valence-corrected chi connectivity index (χ4v) is 1.83. The van der Waals surface area contributed by atoms with Crippen LogP contribution >= 0.6 is 0 Å². The molecular weight excluding hydrogens is 218 g/mol. The number of rotatable bonds is 6. The summed E-state index contributed by atoms with van der Waals surface area (Å²) < 4.78 is 11.3. The molecule has 15 heavy (non-hydrogen) atoms.